The van der Waals surface area contributed by atoms with E-state index in [1.165, 1.54) is 11.8 Å². The van der Waals surface area contributed by atoms with Crippen molar-refractivity contribution in [3.05, 3.63) is 98.7 Å². The maximum absolute atomic E-state index is 12.9. The second-order valence-electron chi connectivity index (χ2n) is 7.82. The largest absolute Gasteiger partial charge is 0.325 e. The van der Waals surface area contributed by atoms with E-state index < -0.39 is 0 Å². The van der Waals surface area contributed by atoms with Crippen LogP contribution in [0.4, 0.5) is 5.69 Å². The molecule has 4 aromatic rings. The van der Waals surface area contributed by atoms with Crippen LogP contribution in [0.2, 0.25) is 5.02 Å². The van der Waals surface area contributed by atoms with Crippen LogP contribution in [0.15, 0.2) is 76.4 Å². The molecule has 0 aliphatic heterocycles. The Kier molecular flexibility index (Phi) is 8.08. The first kappa shape index (κ1) is 24.5. The van der Waals surface area contributed by atoms with E-state index in [0.29, 0.717) is 16.6 Å². The maximum Gasteiger partial charge on any atom is 0.234 e. The van der Waals surface area contributed by atoms with Crippen molar-refractivity contribution in [2.75, 3.05) is 11.1 Å². The smallest absolute Gasteiger partial charge is 0.234 e. The first-order chi connectivity index (χ1) is 16.4. The summed E-state index contributed by atoms with van der Waals surface area (Å²) in [6, 6.07) is 21.7. The number of halogens is 2. The Hall–Kier alpha value is -2.61. The van der Waals surface area contributed by atoms with Gasteiger partial charge in [-0.1, -0.05) is 76.5 Å². The zero-order chi connectivity index (χ0) is 24.1. The predicted molar refractivity (Wildman–Crippen MR) is 143 cm³/mol. The standard InChI is InChI=1S/C26H24BrClN4OS/c1-3-19-15-20(27)13-17(2)25(19)29-24(33)16-34-26-31-30-23(14-18-7-5-4-6-8-18)32(26)22-11-9-21(28)10-12-22/h4-13,15H,3,14,16H2,1-2H3,(H,29,33). The summed E-state index contributed by atoms with van der Waals surface area (Å²) < 4.78 is 3.00. The number of aromatic nitrogens is 3. The molecule has 1 heterocycles. The summed E-state index contributed by atoms with van der Waals surface area (Å²) in [5.41, 5.74) is 5.04. The third kappa shape index (κ3) is 5.90. The second kappa shape index (κ2) is 11.2. The summed E-state index contributed by atoms with van der Waals surface area (Å²) in [4.78, 5) is 12.9. The van der Waals surface area contributed by atoms with Crippen LogP contribution in [0.25, 0.3) is 5.69 Å². The molecule has 1 amide bonds. The van der Waals surface area contributed by atoms with Crippen molar-refractivity contribution in [3.8, 4) is 5.69 Å². The van der Waals surface area contributed by atoms with Crippen molar-refractivity contribution in [1.29, 1.82) is 0 Å². The molecule has 4 rings (SSSR count). The van der Waals surface area contributed by atoms with E-state index in [1.54, 1.807) is 0 Å². The van der Waals surface area contributed by atoms with E-state index in [2.05, 4.69) is 50.5 Å². The van der Waals surface area contributed by atoms with Crippen molar-refractivity contribution >= 4 is 50.9 Å². The van der Waals surface area contributed by atoms with Gasteiger partial charge in [0.2, 0.25) is 5.91 Å². The molecule has 34 heavy (non-hydrogen) atoms. The molecule has 0 aliphatic rings. The molecule has 0 fully saturated rings. The summed E-state index contributed by atoms with van der Waals surface area (Å²) in [5.74, 6) is 0.934. The summed E-state index contributed by atoms with van der Waals surface area (Å²) in [7, 11) is 0. The van der Waals surface area contributed by atoms with Gasteiger partial charge in [0.15, 0.2) is 5.16 Å². The SMILES string of the molecule is CCc1cc(Br)cc(C)c1NC(=O)CSc1nnc(Cc2ccccc2)n1-c1ccc(Cl)cc1. The molecule has 5 nitrogen and oxygen atoms in total. The number of carbonyl (C=O) groups is 1. The number of anilines is 1. The zero-order valence-corrected chi connectivity index (χ0v) is 22.0. The highest BCUT2D eigenvalue weighted by Crippen LogP contribution is 2.28. The molecule has 0 unspecified atom stereocenters. The molecule has 1 aromatic heterocycles. The Bertz CT molecular complexity index is 1290. The van der Waals surface area contributed by atoms with Gasteiger partial charge in [0.1, 0.15) is 5.82 Å². The molecule has 0 radical (unpaired) electrons. The number of amides is 1. The Labute approximate surface area is 217 Å². The van der Waals surface area contributed by atoms with Gasteiger partial charge in [-0.3, -0.25) is 9.36 Å². The number of rotatable bonds is 8. The fraction of sp³-hybridized carbons (Fsp3) is 0.192. The summed E-state index contributed by atoms with van der Waals surface area (Å²) in [5, 5.41) is 13.3. The van der Waals surface area contributed by atoms with Crippen LogP contribution in [0.5, 0.6) is 0 Å². The van der Waals surface area contributed by atoms with Gasteiger partial charge in [-0.25, -0.2) is 0 Å². The van der Waals surface area contributed by atoms with Crippen LogP contribution in [0.1, 0.15) is 29.4 Å². The van der Waals surface area contributed by atoms with Crippen molar-refractivity contribution < 1.29 is 4.79 Å². The fourth-order valence-electron chi connectivity index (χ4n) is 3.71. The lowest BCUT2D eigenvalue weighted by Gasteiger charge is -2.14. The van der Waals surface area contributed by atoms with E-state index in [0.717, 1.165) is 44.8 Å². The van der Waals surface area contributed by atoms with Crippen LogP contribution in [0, 0.1) is 6.92 Å². The minimum absolute atomic E-state index is 0.0830. The van der Waals surface area contributed by atoms with Crippen molar-refractivity contribution in [3.63, 3.8) is 0 Å². The van der Waals surface area contributed by atoms with Gasteiger partial charge < -0.3 is 5.32 Å². The van der Waals surface area contributed by atoms with Crippen LogP contribution in [-0.4, -0.2) is 26.4 Å². The van der Waals surface area contributed by atoms with Gasteiger partial charge in [0.05, 0.1) is 5.75 Å². The van der Waals surface area contributed by atoms with E-state index in [1.807, 2.05) is 66.1 Å². The molecule has 0 bridgehead atoms. The topological polar surface area (TPSA) is 59.8 Å². The van der Waals surface area contributed by atoms with Gasteiger partial charge in [0.25, 0.3) is 0 Å². The fourth-order valence-corrected chi connectivity index (χ4v) is 5.23. The first-order valence-corrected chi connectivity index (χ1v) is 13.1. The average Bonchev–Trinajstić information content (AvgIpc) is 3.22. The molecule has 3 aromatic carbocycles. The number of carbonyl (C=O) groups excluding carboxylic acids is 1. The highest BCUT2D eigenvalue weighted by atomic mass is 79.9. The minimum Gasteiger partial charge on any atom is -0.325 e. The molecule has 0 aliphatic carbocycles. The lowest BCUT2D eigenvalue weighted by molar-refractivity contribution is -0.113. The quantitative estimate of drug-likeness (QED) is 0.241. The second-order valence-corrected chi connectivity index (χ2v) is 10.1. The Balaban J connectivity index is 1.56. The molecule has 0 spiro atoms. The number of nitrogens with zero attached hydrogens (tertiary/aromatic N) is 3. The van der Waals surface area contributed by atoms with Crippen LogP contribution >= 0.6 is 39.3 Å². The lowest BCUT2D eigenvalue weighted by atomic mass is 10.1. The summed E-state index contributed by atoms with van der Waals surface area (Å²) >= 11 is 11.0. The number of aryl methyl sites for hydroxylation is 2. The minimum atomic E-state index is -0.0830. The summed E-state index contributed by atoms with van der Waals surface area (Å²) in [6.07, 6.45) is 1.46. The molecule has 1 N–H and O–H groups in total. The Morgan fingerprint density at radius 1 is 1.09 bits per heavy atom. The number of nitrogens with one attached hydrogen (secondary N) is 1. The predicted octanol–water partition coefficient (Wildman–Crippen LogP) is 6.88. The highest BCUT2D eigenvalue weighted by molar-refractivity contribution is 9.10. The highest BCUT2D eigenvalue weighted by Gasteiger charge is 2.17. The van der Waals surface area contributed by atoms with Crippen molar-refractivity contribution in [2.45, 2.75) is 31.8 Å². The van der Waals surface area contributed by atoms with Crippen molar-refractivity contribution in [1.82, 2.24) is 14.8 Å². The van der Waals surface area contributed by atoms with Crippen LogP contribution in [0.3, 0.4) is 0 Å². The van der Waals surface area contributed by atoms with E-state index in [4.69, 9.17) is 11.6 Å². The molecule has 0 saturated carbocycles. The normalized spacial score (nSPS) is 10.9. The molecular weight excluding hydrogens is 532 g/mol. The Morgan fingerprint density at radius 3 is 2.53 bits per heavy atom. The van der Waals surface area contributed by atoms with Crippen molar-refractivity contribution in [2.24, 2.45) is 0 Å². The number of thioether (sulfide) groups is 1. The van der Waals surface area contributed by atoms with E-state index >= 15 is 0 Å². The number of hydrogen-bond donors (Lipinski definition) is 1. The molecule has 0 atom stereocenters. The van der Waals surface area contributed by atoms with E-state index in [-0.39, 0.29) is 11.7 Å². The third-order valence-corrected chi connectivity index (χ3v) is 6.99. The molecule has 8 heteroatoms. The van der Waals surface area contributed by atoms with Crippen LogP contribution < -0.4 is 5.32 Å². The Morgan fingerprint density at radius 2 is 1.82 bits per heavy atom. The van der Waals surface area contributed by atoms with Crippen LogP contribution in [-0.2, 0) is 17.6 Å². The monoisotopic (exact) mass is 554 g/mol. The number of benzene rings is 3. The third-order valence-electron chi connectivity index (χ3n) is 5.35. The summed E-state index contributed by atoms with van der Waals surface area (Å²) in [6.45, 7) is 4.08. The maximum atomic E-state index is 12.9. The van der Waals surface area contributed by atoms with Gasteiger partial charge in [-0.05, 0) is 66.4 Å². The average molecular weight is 556 g/mol. The molecule has 0 saturated heterocycles. The van der Waals surface area contributed by atoms with Gasteiger partial charge in [0, 0.05) is 27.3 Å². The van der Waals surface area contributed by atoms with E-state index in [9.17, 15) is 4.79 Å². The van der Waals surface area contributed by atoms with Gasteiger partial charge in [-0.15, -0.1) is 10.2 Å². The molecular formula is C26H24BrClN4OS. The molecule has 174 valence electrons. The van der Waals surface area contributed by atoms with Gasteiger partial charge >= 0.3 is 0 Å². The van der Waals surface area contributed by atoms with Gasteiger partial charge in [-0.2, -0.15) is 0 Å². The first-order valence-electron chi connectivity index (χ1n) is 10.9. The lowest BCUT2D eigenvalue weighted by Crippen LogP contribution is -2.17. The zero-order valence-electron chi connectivity index (χ0n) is 18.9. The number of hydrogen-bond acceptors (Lipinski definition) is 4.